The minimum Gasteiger partial charge on any atom is -0.0843 e. The fourth-order valence-corrected chi connectivity index (χ4v) is 2.01. The van der Waals surface area contributed by atoms with Crippen molar-refractivity contribution in [1.82, 2.24) is 0 Å². The molecule has 75 valence electrons. The van der Waals surface area contributed by atoms with E-state index in [1.807, 2.05) is 24.3 Å². The molecule has 0 unspecified atom stereocenters. The topological polar surface area (TPSA) is 0 Å². The number of benzene rings is 2. The molecular weight excluding hydrogens is 272 g/mol. The summed E-state index contributed by atoms with van der Waals surface area (Å²) in [4.78, 5) is 0. The second-order valence-corrected chi connectivity index (χ2v) is 4.73. The van der Waals surface area contributed by atoms with Crippen LogP contribution in [0.15, 0.2) is 40.9 Å². The molecule has 1 radical (unpaired) electrons. The van der Waals surface area contributed by atoms with E-state index < -0.39 is 0 Å². The first kappa shape index (κ1) is 10.7. The van der Waals surface area contributed by atoms with Crippen LogP contribution >= 0.6 is 27.5 Å². The summed E-state index contributed by atoms with van der Waals surface area (Å²) in [5.74, 6) is 0. The molecule has 0 aromatic heterocycles. The molecule has 0 aliphatic rings. The fourth-order valence-electron chi connectivity index (χ4n) is 1.48. The molecule has 0 aliphatic carbocycles. The molecule has 0 saturated carbocycles. The van der Waals surface area contributed by atoms with E-state index in [-0.39, 0.29) is 0 Å². The Morgan fingerprint density at radius 3 is 2.73 bits per heavy atom. The lowest BCUT2D eigenvalue weighted by molar-refractivity contribution is 1.44. The third-order valence-corrected chi connectivity index (χ3v) is 2.98. The first-order valence-electron chi connectivity index (χ1n) is 4.60. The summed E-state index contributed by atoms with van der Waals surface area (Å²) >= 11 is 9.42. The molecule has 0 N–H and O–H groups in total. The lowest BCUT2D eigenvalue weighted by Crippen LogP contribution is -1.83. The van der Waals surface area contributed by atoms with Gasteiger partial charge in [-0.05, 0) is 53.9 Å². The summed E-state index contributed by atoms with van der Waals surface area (Å²) in [5, 5.41) is 0.739. The predicted molar refractivity (Wildman–Crippen MR) is 68.2 cm³/mol. The Balaban J connectivity index is 2.58. The Morgan fingerprint density at radius 2 is 2.00 bits per heavy atom. The summed E-state index contributed by atoms with van der Waals surface area (Å²) < 4.78 is 1.07. The van der Waals surface area contributed by atoms with Gasteiger partial charge in [0.2, 0.25) is 0 Å². The lowest BCUT2D eigenvalue weighted by atomic mass is 10.0. The quantitative estimate of drug-likeness (QED) is 0.698. The van der Waals surface area contributed by atoms with Crippen molar-refractivity contribution >= 4 is 27.5 Å². The van der Waals surface area contributed by atoms with Crippen molar-refractivity contribution in [1.29, 1.82) is 0 Å². The third-order valence-electron chi connectivity index (χ3n) is 2.25. The zero-order valence-corrected chi connectivity index (χ0v) is 10.6. The summed E-state index contributed by atoms with van der Waals surface area (Å²) in [7, 11) is 0. The highest BCUT2D eigenvalue weighted by molar-refractivity contribution is 9.10. The molecule has 0 aliphatic heterocycles. The van der Waals surface area contributed by atoms with Gasteiger partial charge in [-0.3, -0.25) is 0 Å². The highest BCUT2D eigenvalue weighted by atomic mass is 79.9. The molecule has 2 heteroatoms. The van der Waals surface area contributed by atoms with Crippen LogP contribution in [0.4, 0.5) is 0 Å². The van der Waals surface area contributed by atoms with Crippen LogP contribution in [0.1, 0.15) is 5.56 Å². The molecule has 0 fully saturated rings. The minimum atomic E-state index is 0.739. The van der Waals surface area contributed by atoms with Crippen LogP contribution < -0.4 is 0 Å². The molecule has 2 aromatic carbocycles. The zero-order valence-electron chi connectivity index (χ0n) is 8.22. The first-order chi connectivity index (χ1) is 7.16. The van der Waals surface area contributed by atoms with E-state index in [0.29, 0.717) is 0 Å². The van der Waals surface area contributed by atoms with Gasteiger partial charge in [0.05, 0.1) is 0 Å². The van der Waals surface area contributed by atoms with Gasteiger partial charge in [0.15, 0.2) is 0 Å². The number of aryl methyl sites for hydroxylation is 1. The van der Waals surface area contributed by atoms with E-state index in [9.17, 15) is 0 Å². The first-order valence-corrected chi connectivity index (χ1v) is 5.77. The largest absolute Gasteiger partial charge is 0.0843 e. The second kappa shape index (κ2) is 4.38. The highest BCUT2D eigenvalue weighted by Crippen LogP contribution is 2.27. The maximum atomic E-state index is 5.96. The number of rotatable bonds is 1. The van der Waals surface area contributed by atoms with Gasteiger partial charge in [0.25, 0.3) is 0 Å². The van der Waals surface area contributed by atoms with E-state index in [4.69, 9.17) is 11.6 Å². The summed E-state index contributed by atoms with van der Waals surface area (Å²) in [5.41, 5.74) is 3.41. The molecule has 0 saturated heterocycles. The Bertz CT molecular complexity index is 492. The van der Waals surface area contributed by atoms with E-state index in [1.54, 1.807) is 0 Å². The Labute approximate surface area is 103 Å². The Kier molecular flexibility index (Phi) is 3.13. The zero-order chi connectivity index (χ0) is 10.8. The van der Waals surface area contributed by atoms with Gasteiger partial charge >= 0.3 is 0 Å². The molecule has 15 heavy (non-hydrogen) atoms. The van der Waals surface area contributed by atoms with Crippen LogP contribution in [0.3, 0.4) is 0 Å². The molecule has 0 nitrogen and oxygen atoms in total. The average Bonchev–Trinajstić information content (AvgIpc) is 2.22. The molecule has 0 heterocycles. The number of hydrogen-bond donors (Lipinski definition) is 0. The van der Waals surface area contributed by atoms with Crippen molar-refractivity contribution in [3.05, 3.63) is 57.5 Å². The minimum absolute atomic E-state index is 0.739. The fraction of sp³-hybridized carbons (Fsp3) is 0.0769. The van der Waals surface area contributed by atoms with Crippen molar-refractivity contribution < 1.29 is 0 Å². The van der Waals surface area contributed by atoms with E-state index in [2.05, 4.69) is 41.1 Å². The van der Waals surface area contributed by atoms with Gasteiger partial charge in [-0.15, -0.1) is 0 Å². The Hall–Kier alpha value is -0.790. The smallest absolute Gasteiger partial charge is 0.0412 e. The molecule has 0 spiro atoms. The molecule has 0 amide bonds. The number of halogens is 2. The average molecular weight is 281 g/mol. The van der Waals surface area contributed by atoms with Gasteiger partial charge in [0, 0.05) is 9.50 Å². The maximum Gasteiger partial charge on any atom is 0.0412 e. The number of hydrogen-bond acceptors (Lipinski definition) is 0. The molecule has 0 atom stereocenters. The van der Waals surface area contributed by atoms with Crippen LogP contribution in [0.25, 0.3) is 11.1 Å². The van der Waals surface area contributed by atoms with Crippen molar-refractivity contribution in [2.24, 2.45) is 0 Å². The predicted octanol–water partition coefficient (Wildman–Crippen LogP) is 4.88. The van der Waals surface area contributed by atoms with E-state index in [1.165, 1.54) is 5.56 Å². The summed E-state index contributed by atoms with van der Waals surface area (Å²) in [6, 6.07) is 15.0. The lowest BCUT2D eigenvalue weighted by Gasteiger charge is -2.06. The third kappa shape index (κ3) is 2.42. The summed E-state index contributed by atoms with van der Waals surface area (Å²) in [6.45, 7) is 2.08. The van der Waals surface area contributed by atoms with Gasteiger partial charge in [0.1, 0.15) is 0 Å². The van der Waals surface area contributed by atoms with Crippen molar-refractivity contribution in [3.63, 3.8) is 0 Å². The van der Waals surface area contributed by atoms with Gasteiger partial charge in [-0.1, -0.05) is 39.7 Å². The highest BCUT2D eigenvalue weighted by Gasteiger charge is 2.03. The second-order valence-electron chi connectivity index (χ2n) is 3.38. The van der Waals surface area contributed by atoms with Gasteiger partial charge in [-0.2, -0.15) is 0 Å². The Morgan fingerprint density at radius 1 is 1.20 bits per heavy atom. The van der Waals surface area contributed by atoms with Crippen LogP contribution in [-0.4, -0.2) is 0 Å². The van der Waals surface area contributed by atoms with E-state index in [0.717, 1.165) is 20.6 Å². The molecular formula is C13H9BrCl. The normalized spacial score (nSPS) is 10.3. The van der Waals surface area contributed by atoms with Crippen LogP contribution in [-0.2, 0) is 0 Å². The monoisotopic (exact) mass is 279 g/mol. The maximum absolute atomic E-state index is 5.96. The van der Waals surface area contributed by atoms with Crippen LogP contribution in [0.5, 0.6) is 0 Å². The standard InChI is InChI=1S/C13H9BrCl/c1-9-5-6-11(14)8-13(9)10-3-2-4-12(15)7-10/h2,4-8H,1H3. The molecule has 0 bridgehead atoms. The van der Waals surface area contributed by atoms with E-state index >= 15 is 0 Å². The molecule has 2 aromatic rings. The van der Waals surface area contributed by atoms with Gasteiger partial charge in [-0.25, -0.2) is 0 Å². The molecule has 2 rings (SSSR count). The van der Waals surface area contributed by atoms with Gasteiger partial charge < -0.3 is 0 Å². The van der Waals surface area contributed by atoms with Crippen molar-refractivity contribution in [3.8, 4) is 11.1 Å². The van der Waals surface area contributed by atoms with Crippen LogP contribution in [0.2, 0.25) is 5.02 Å². The van der Waals surface area contributed by atoms with Crippen molar-refractivity contribution in [2.45, 2.75) is 6.92 Å². The van der Waals surface area contributed by atoms with Crippen molar-refractivity contribution in [2.75, 3.05) is 0 Å². The SMILES string of the molecule is Cc1ccc(Br)cc1-c1[c]ccc(Cl)c1. The van der Waals surface area contributed by atoms with Crippen LogP contribution in [0, 0.1) is 13.0 Å². The summed E-state index contributed by atoms with van der Waals surface area (Å²) in [6.07, 6.45) is 0.